The summed E-state index contributed by atoms with van der Waals surface area (Å²) in [4.78, 5) is 0.922. The van der Waals surface area contributed by atoms with Crippen LogP contribution in [0.5, 0.6) is 0 Å². The number of benzene rings is 2. The van der Waals surface area contributed by atoms with Crippen LogP contribution in [0.15, 0.2) is 53.4 Å². The Labute approximate surface area is 100 Å². The predicted octanol–water partition coefficient (Wildman–Crippen LogP) is 1.32. The van der Waals surface area contributed by atoms with Gasteiger partial charge in [0.2, 0.25) is 0 Å². The lowest BCUT2D eigenvalue weighted by molar-refractivity contribution is 0.426. The van der Waals surface area contributed by atoms with Gasteiger partial charge in [-0.2, -0.15) is 0 Å². The fourth-order valence-electron chi connectivity index (χ4n) is 1.50. The van der Waals surface area contributed by atoms with Gasteiger partial charge >= 0.3 is 7.12 Å². The maximum absolute atomic E-state index is 8.97. The second-order valence-electron chi connectivity index (χ2n) is 3.54. The van der Waals surface area contributed by atoms with Crippen LogP contribution in [-0.4, -0.2) is 17.2 Å². The van der Waals surface area contributed by atoms with Crippen molar-refractivity contribution in [3.8, 4) is 11.1 Å². The van der Waals surface area contributed by atoms with Gasteiger partial charge < -0.3 is 10.0 Å². The molecule has 0 aliphatic carbocycles. The normalized spacial score (nSPS) is 10.2. The average molecular weight is 230 g/mol. The summed E-state index contributed by atoms with van der Waals surface area (Å²) >= 11 is 4.22. The molecule has 80 valence electrons. The molecule has 4 heteroatoms. The fraction of sp³-hybridized carbons (Fsp3) is 0. The van der Waals surface area contributed by atoms with E-state index in [-0.39, 0.29) is 0 Å². The molecule has 0 aliphatic rings. The van der Waals surface area contributed by atoms with Gasteiger partial charge in [-0.15, -0.1) is 12.6 Å². The zero-order chi connectivity index (χ0) is 11.5. The molecule has 2 nitrogen and oxygen atoms in total. The van der Waals surface area contributed by atoms with Crippen molar-refractivity contribution in [1.82, 2.24) is 0 Å². The first-order valence-electron chi connectivity index (χ1n) is 4.92. The van der Waals surface area contributed by atoms with Gasteiger partial charge in [-0.1, -0.05) is 36.4 Å². The molecule has 0 aliphatic heterocycles. The lowest BCUT2D eigenvalue weighted by atomic mass is 9.80. The summed E-state index contributed by atoms with van der Waals surface area (Å²) in [5.74, 6) is 0. The Kier molecular flexibility index (Phi) is 3.34. The maximum Gasteiger partial charge on any atom is 0.488 e. The second kappa shape index (κ2) is 4.74. The molecular formula is C12H11BO2S. The number of hydrogen-bond donors (Lipinski definition) is 3. The van der Waals surface area contributed by atoms with Crippen LogP contribution < -0.4 is 5.46 Å². The van der Waals surface area contributed by atoms with E-state index in [0.717, 1.165) is 16.0 Å². The minimum Gasteiger partial charge on any atom is -0.423 e. The molecule has 2 N–H and O–H groups in total. The van der Waals surface area contributed by atoms with Crippen molar-refractivity contribution in [2.75, 3.05) is 0 Å². The van der Waals surface area contributed by atoms with Crippen molar-refractivity contribution in [2.45, 2.75) is 4.90 Å². The summed E-state index contributed by atoms with van der Waals surface area (Å²) in [6, 6.07) is 14.9. The molecule has 16 heavy (non-hydrogen) atoms. The van der Waals surface area contributed by atoms with Crippen molar-refractivity contribution in [1.29, 1.82) is 0 Å². The van der Waals surface area contributed by atoms with Crippen LogP contribution >= 0.6 is 12.6 Å². The van der Waals surface area contributed by atoms with E-state index >= 15 is 0 Å². The summed E-state index contributed by atoms with van der Waals surface area (Å²) in [5, 5.41) is 17.9. The summed E-state index contributed by atoms with van der Waals surface area (Å²) < 4.78 is 0. The highest BCUT2D eigenvalue weighted by Crippen LogP contribution is 2.19. The first-order valence-corrected chi connectivity index (χ1v) is 5.37. The topological polar surface area (TPSA) is 40.5 Å². The Balaban J connectivity index is 2.31. The van der Waals surface area contributed by atoms with E-state index in [4.69, 9.17) is 10.0 Å². The Morgan fingerprint density at radius 3 is 1.62 bits per heavy atom. The molecule has 0 amide bonds. The van der Waals surface area contributed by atoms with Crippen molar-refractivity contribution in [3.63, 3.8) is 0 Å². The van der Waals surface area contributed by atoms with Gasteiger partial charge in [-0.3, -0.25) is 0 Å². The van der Waals surface area contributed by atoms with Crippen LogP contribution in [-0.2, 0) is 0 Å². The van der Waals surface area contributed by atoms with Gasteiger partial charge in [0.1, 0.15) is 0 Å². The highest BCUT2D eigenvalue weighted by molar-refractivity contribution is 7.80. The molecule has 0 saturated carbocycles. The second-order valence-corrected chi connectivity index (χ2v) is 4.06. The Bertz CT molecular complexity index is 465. The van der Waals surface area contributed by atoms with Crippen LogP contribution in [0.2, 0.25) is 0 Å². The van der Waals surface area contributed by atoms with Crippen molar-refractivity contribution in [2.24, 2.45) is 0 Å². The Hall–Kier alpha value is -1.23. The molecule has 0 fully saturated rings. The smallest absolute Gasteiger partial charge is 0.423 e. The molecule has 0 spiro atoms. The first kappa shape index (κ1) is 11.3. The van der Waals surface area contributed by atoms with Crippen molar-refractivity contribution >= 4 is 25.2 Å². The monoisotopic (exact) mass is 230 g/mol. The molecule has 0 saturated heterocycles. The summed E-state index contributed by atoms with van der Waals surface area (Å²) in [7, 11) is -1.41. The van der Waals surface area contributed by atoms with Crippen molar-refractivity contribution < 1.29 is 10.0 Å². The SMILES string of the molecule is OB(O)c1ccc(-c2ccc(S)cc2)cc1. The molecule has 0 atom stereocenters. The molecular weight excluding hydrogens is 219 g/mol. The predicted molar refractivity (Wildman–Crippen MR) is 69.0 cm³/mol. The molecule has 2 aromatic rings. The van der Waals surface area contributed by atoms with Gasteiger partial charge in [0.15, 0.2) is 0 Å². The third-order valence-corrected chi connectivity index (χ3v) is 2.71. The maximum atomic E-state index is 8.97. The van der Waals surface area contributed by atoms with Gasteiger partial charge in [0.05, 0.1) is 0 Å². The zero-order valence-electron chi connectivity index (χ0n) is 8.54. The lowest BCUT2D eigenvalue weighted by Crippen LogP contribution is -2.29. The number of rotatable bonds is 2. The minimum atomic E-state index is -1.41. The van der Waals surface area contributed by atoms with Crippen LogP contribution in [0, 0.1) is 0 Å². The lowest BCUT2D eigenvalue weighted by Gasteiger charge is -2.04. The van der Waals surface area contributed by atoms with Crippen LogP contribution in [0.1, 0.15) is 0 Å². The third kappa shape index (κ3) is 2.47. The summed E-state index contributed by atoms with van der Waals surface area (Å²) in [5.41, 5.74) is 2.61. The number of thiol groups is 1. The molecule has 0 aromatic heterocycles. The standard InChI is InChI=1S/C12H11BO2S/c14-13(15)11-5-1-9(2-6-11)10-3-7-12(16)8-4-10/h1-8,14-16H. The quantitative estimate of drug-likeness (QED) is 0.538. The van der Waals surface area contributed by atoms with Gasteiger partial charge in [0, 0.05) is 4.90 Å². The fourth-order valence-corrected chi connectivity index (χ4v) is 1.65. The highest BCUT2D eigenvalue weighted by Gasteiger charge is 2.09. The minimum absolute atomic E-state index is 0.495. The summed E-state index contributed by atoms with van der Waals surface area (Å²) in [6.07, 6.45) is 0. The third-order valence-electron chi connectivity index (χ3n) is 2.41. The molecule has 2 aromatic carbocycles. The molecule has 0 bridgehead atoms. The summed E-state index contributed by atoms with van der Waals surface area (Å²) in [6.45, 7) is 0. The van der Waals surface area contributed by atoms with E-state index in [1.165, 1.54) is 0 Å². The first-order chi connectivity index (χ1) is 7.66. The van der Waals surface area contributed by atoms with E-state index < -0.39 is 7.12 Å². The van der Waals surface area contributed by atoms with E-state index in [9.17, 15) is 0 Å². The van der Waals surface area contributed by atoms with E-state index in [1.807, 2.05) is 36.4 Å². The van der Waals surface area contributed by atoms with Crippen molar-refractivity contribution in [3.05, 3.63) is 48.5 Å². The Morgan fingerprint density at radius 1 is 0.750 bits per heavy atom. The largest absolute Gasteiger partial charge is 0.488 e. The van der Waals surface area contributed by atoms with E-state index in [2.05, 4.69) is 12.6 Å². The molecule has 0 radical (unpaired) electrons. The van der Waals surface area contributed by atoms with Crippen LogP contribution in [0.3, 0.4) is 0 Å². The van der Waals surface area contributed by atoms with Gasteiger partial charge in [-0.05, 0) is 28.7 Å². The average Bonchev–Trinajstić information content (AvgIpc) is 2.30. The van der Waals surface area contributed by atoms with Gasteiger partial charge in [0.25, 0.3) is 0 Å². The molecule has 0 heterocycles. The van der Waals surface area contributed by atoms with Gasteiger partial charge in [-0.25, -0.2) is 0 Å². The molecule has 0 unspecified atom stereocenters. The Morgan fingerprint density at radius 2 is 1.19 bits per heavy atom. The molecule has 2 rings (SSSR count). The highest BCUT2D eigenvalue weighted by atomic mass is 32.1. The van der Waals surface area contributed by atoms with E-state index in [0.29, 0.717) is 5.46 Å². The van der Waals surface area contributed by atoms with Crippen LogP contribution in [0.4, 0.5) is 0 Å². The van der Waals surface area contributed by atoms with E-state index in [1.54, 1.807) is 12.1 Å². The zero-order valence-corrected chi connectivity index (χ0v) is 9.43. The number of hydrogen-bond acceptors (Lipinski definition) is 3. The van der Waals surface area contributed by atoms with Crippen LogP contribution in [0.25, 0.3) is 11.1 Å².